The number of hydrogen-bond donors (Lipinski definition) is 1. The van der Waals surface area contributed by atoms with E-state index >= 15 is 0 Å². The van der Waals surface area contributed by atoms with Crippen molar-refractivity contribution in [3.8, 4) is 11.5 Å². The van der Waals surface area contributed by atoms with Crippen molar-refractivity contribution in [1.29, 1.82) is 0 Å². The lowest BCUT2D eigenvalue weighted by molar-refractivity contribution is -0.125. The summed E-state index contributed by atoms with van der Waals surface area (Å²) in [5.74, 6) is 1.13. The summed E-state index contributed by atoms with van der Waals surface area (Å²) in [5.41, 5.74) is 0.844. The van der Waals surface area contributed by atoms with Crippen LogP contribution < -0.4 is 14.8 Å². The highest BCUT2D eigenvalue weighted by Gasteiger charge is 2.30. The highest BCUT2D eigenvalue weighted by molar-refractivity contribution is 5.99. The Kier molecular flexibility index (Phi) is 9.75. The van der Waals surface area contributed by atoms with Gasteiger partial charge in [-0.2, -0.15) is 0 Å². The molecule has 2 aliphatic rings. The molecule has 0 spiro atoms. The quantitative estimate of drug-likeness (QED) is 0.448. The molecule has 1 aliphatic carbocycles. The third-order valence-corrected chi connectivity index (χ3v) is 7.41. The first-order chi connectivity index (χ1) is 18.0. The minimum Gasteiger partial charge on any atom is -0.490 e. The van der Waals surface area contributed by atoms with Crippen LogP contribution in [0.5, 0.6) is 11.5 Å². The summed E-state index contributed by atoms with van der Waals surface area (Å²) in [5, 5.41) is 4.15. The minimum atomic E-state index is -0.129. The highest BCUT2D eigenvalue weighted by Crippen LogP contribution is 2.33. The van der Waals surface area contributed by atoms with Crippen molar-refractivity contribution in [2.24, 2.45) is 5.92 Å². The Bertz CT molecular complexity index is 1060. The van der Waals surface area contributed by atoms with Gasteiger partial charge in [0.25, 0.3) is 5.91 Å². The van der Waals surface area contributed by atoms with E-state index < -0.39 is 0 Å². The number of benzene rings is 1. The van der Waals surface area contributed by atoms with Gasteiger partial charge in [0, 0.05) is 43.1 Å². The molecule has 1 saturated carbocycles. The molecule has 1 amide bonds. The van der Waals surface area contributed by atoms with E-state index in [2.05, 4.69) is 5.32 Å². The number of para-hydroxylation sites is 1. The number of carbonyl (C=O) groups excluding carboxylic acids is 2. The number of Topliss-reactive ketones (excluding diaryl/α,β-unsaturated/α-hetero) is 1. The number of rotatable bonds is 11. The Labute approximate surface area is 220 Å². The van der Waals surface area contributed by atoms with Gasteiger partial charge in [-0.1, -0.05) is 25.3 Å². The van der Waals surface area contributed by atoms with Crippen molar-refractivity contribution in [2.75, 3.05) is 40.0 Å². The molecule has 1 saturated heterocycles. The lowest BCUT2D eigenvalue weighted by Crippen LogP contribution is -2.51. The smallest absolute Gasteiger partial charge is 0.273 e. The van der Waals surface area contributed by atoms with Crippen LogP contribution in [0.4, 0.5) is 0 Å². The van der Waals surface area contributed by atoms with Crippen molar-refractivity contribution in [2.45, 2.75) is 70.9 Å². The normalized spacial score (nSPS) is 18.6. The number of amides is 1. The van der Waals surface area contributed by atoms with Crippen LogP contribution in [0.3, 0.4) is 0 Å². The van der Waals surface area contributed by atoms with E-state index in [-0.39, 0.29) is 36.3 Å². The van der Waals surface area contributed by atoms with Crippen molar-refractivity contribution in [1.82, 2.24) is 15.2 Å². The number of piperidine rings is 1. The number of ether oxygens (including phenoxy) is 3. The zero-order valence-electron chi connectivity index (χ0n) is 22.5. The van der Waals surface area contributed by atoms with Gasteiger partial charge in [0.15, 0.2) is 5.78 Å². The second kappa shape index (κ2) is 13.2. The fraction of sp³-hybridized carbons (Fsp3) is 0.621. The van der Waals surface area contributed by atoms with Crippen LogP contribution in [0.1, 0.15) is 69.3 Å². The van der Waals surface area contributed by atoms with Gasteiger partial charge in [-0.25, -0.2) is 4.98 Å². The van der Waals surface area contributed by atoms with Gasteiger partial charge in [0.2, 0.25) is 0 Å². The van der Waals surface area contributed by atoms with E-state index in [0.717, 1.165) is 57.0 Å². The summed E-state index contributed by atoms with van der Waals surface area (Å²) in [7, 11) is 1.62. The maximum atomic E-state index is 13.9. The average Bonchev–Trinajstić information content (AvgIpc) is 2.92. The predicted molar refractivity (Wildman–Crippen MR) is 143 cm³/mol. The SMILES string of the molecule is COCCOc1cc(C(=O)N(C(C)C)[C@@H]2CCCNC2)nc2c(OCC(=O)C3CCCCC3)cccc12. The van der Waals surface area contributed by atoms with E-state index in [1.54, 1.807) is 13.2 Å². The van der Waals surface area contributed by atoms with Gasteiger partial charge in [-0.3, -0.25) is 9.59 Å². The fourth-order valence-electron chi connectivity index (χ4n) is 5.49. The van der Waals surface area contributed by atoms with Gasteiger partial charge in [0.1, 0.15) is 35.9 Å². The molecule has 1 aromatic heterocycles. The molecule has 1 aliphatic heterocycles. The molecule has 37 heavy (non-hydrogen) atoms. The maximum Gasteiger partial charge on any atom is 0.273 e. The van der Waals surface area contributed by atoms with Crippen LogP contribution in [-0.2, 0) is 9.53 Å². The van der Waals surface area contributed by atoms with Crippen LogP contribution in [-0.4, -0.2) is 73.7 Å². The molecule has 8 nitrogen and oxygen atoms in total. The molecule has 1 atom stereocenters. The van der Waals surface area contributed by atoms with Gasteiger partial charge in [-0.05, 0) is 58.2 Å². The summed E-state index contributed by atoms with van der Waals surface area (Å²) in [6.45, 7) is 6.59. The molecular formula is C29H41N3O5. The van der Waals surface area contributed by atoms with Crippen LogP contribution in [0.25, 0.3) is 10.9 Å². The van der Waals surface area contributed by atoms with Crippen LogP contribution in [0.15, 0.2) is 24.3 Å². The number of nitrogens with one attached hydrogen (secondary N) is 1. The zero-order valence-corrected chi connectivity index (χ0v) is 22.5. The molecule has 0 unspecified atom stereocenters. The molecule has 2 fully saturated rings. The first-order valence-electron chi connectivity index (χ1n) is 13.7. The van der Waals surface area contributed by atoms with E-state index in [4.69, 9.17) is 19.2 Å². The predicted octanol–water partition coefficient (Wildman–Crippen LogP) is 4.39. The molecule has 8 heteroatoms. The van der Waals surface area contributed by atoms with E-state index in [1.165, 1.54) is 6.42 Å². The number of methoxy groups -OCH3 is 1. The number of fused-ring (bicyclic) bond motifs is 1. The minimum absolute atomic E-state index is 0.00929. The number of pyridine rings is 1. The van der Waals surface area contributed by atoms with Gasteiger partial charge < -0.3 is 24.4 Å². The first-order valence-corrected chi connectivity index (χ1v) is 13.7. The van der Waals surface area contributed by atoms with Crippen molar-refractivity contribution >= 4 is 22.6 Å². The van der Waals surface area contributed by atoms with Crippen LogP contribution >= 0.6 is 0 Å². The zero-order chi connectivity index (χ0) is 26.2. The van der Waals surface area contributed by atoms with Gasteiger partial charge >= 0.3 is 0 Å². The number of aromatic nitrogens is 1. The molecule has 1 N–H and O–H groups in total. The fourth-order valence-corrected chi connectivity index (χ4v) is 5.49. The second-order valence-electron chi connectivity index (χ2n) is 10.4. The summed E-state index contributed by atoms with van der Waals surface area (Å²) in [4.78, 5) is 33.4. The van der Waals surface area contributed by atoms with Crippen molar-refractivity contribution in [3.63, 3.8) is 0 Å². The first kappa shape index (κ1) is 27.3. The van der Waals surface area contributed by atoms with E-state index in [9.17, 15) is 9.59 Å². The monoisotopic (exact) mass is 511 g/mol. The number of ketones is 1. The average molecular weight is 512 g/mol. The lowest BCUT2D eigenvalue weighted by Gasteiger charge is -2.37. The van der Waals surface area contributed by atoms with Crippen molar-refractivity contribution in [3.05, 3.63) is 30.0 Å². The number of nitrogens with zero attached hydrogens (tertiary/aromatic N) is 2. The van der Waals surface area contributed by atoms with Crippen LogP contribution in [0.2, 0.25) is 0 Å². The molecule has 0 bridgehead atoms. The van der Waals surface area contributed by atoms with Crippen molar-refractivity contribution < 1.29 is 23.8 Å². The molecule has 4 rings (SSSR count). The summed E-state index contributed by atoms with van der Waals surface area (Å²) in [6, 6.07) is 7.43. The molecule has 202 valence electrons. The molecule has 2 aromatic rings. The summed E-state index contributed by atoms with van der Waals surface area (Å²) >= 11 is 0. The topological polar surface area (TPSA) is 90.0 Å². The Morgan fingerprint density at radius 2 is 1.86 bits per heavy atom. The van der Waals surface area contributed by atoms with Crippen LogP contribution in [0, 0.1) is 5.92 Å². The Morgan fingerprint density at radius 3 is 2.57 bits per heavy atom. The van der Waals surface area contributed by atoms with Gasteiger partial charge in [-0.15, -0.1) is 0 Å². The summed E-state index contributed by atoms with van der Waals surface area (Å²) < 4.78 is 17.3. The summed E-state index contributed by atoms with van der Waals surface area (Å²) in [6.07, 6.45) is 7.26. The molecular weight excluding hydrogens is 470 g/mol. The Balaban J connectivity index is 1.65. The molecule has 2 heterocycles. The third kappa shape index (κ3) is 6.79. The van der Waals surface area contributed by atoms with Gasteiger partial charge in [0.05, 0.1) is 6.61 Å². The maximum absolute atomic E-state index is 13.9. The number of hydrogen-bond acceptors (Lipinski definition) is 7. The molecule has 0 radical (unpaired) electrons. The Morgan fingerprint density at radius 1 is 1.05 bits per heavy atom. The van der Waals surface area contributed by atoms with E-state index in [0.29, 0.717) is 35.9 Å². The third-order valence-electron chi connectivity index (χ3n) is 7.41. The molecule has 1 aromatic carbocycles. The highest BCUT2D eigenvalue weighted by atomic mass is 16.5. The second-order valence-corrected chi connectivity index (χ2v) is 10.4. The largest absolute Gasteiger partial charge is 0.490 e. The lowest BCUT2D eigenvalue weighted by atomic mass is 9.86. The standard InChI is InChI=1S/C29H41N3O5/c1-20(2)32(22-11-8-14-30-18-22)29(34)24-17-27(36-16-15-35-3)23-12-7-13-26(28(23)31-24)37-19-25(33)21-9-5-4-6-10-21/h7,12-13,17,20-22,30H,4-6,8-11,14-16,18-19H2,1-3H3/t22-/m1/s1. The number of carbonyl (C=O) groups is 2. The van der Waals surface area contributed by atoms with E-state index in [1.807, 2.05) is 36.9 Å². The Hall–Kier alpha value is -2.71.